The van der Waals surface area contributed by atoms with Crippen LogP contribution in [0.1, 0.15) is 25.7 Å². The van der Waals surface area contributed by atoms with Crippen molar-refractivity contribution in [3.8, 4) is 0 Å². The van der Waals surface area contributed by atoms with E-state index in [9.17, 15) is 0 Å². The van der Waals surface area contributed by atoms with Crippen LogP contribution in [0.25, 0.3) is 11.0 Å². The Bertz CT molecular complexity index is 626. The number of anilines is 1. The first-order valence-electron chi connectivity index (χ1n) is 7.18. The van der Waals surface area contributed by atoms with Gasteiger partial charge in [-0.1, -0.05) is 6.42 Å². The Morgan fingerprint density at radius 1 is 1.25 bits per heavy atom. The van der Waals surface area contributed by atoms with Gasteiger partial charge in [0.25, 0.3) is 0 Å². The number of nitrogens with one attached hydrogen (secondary N) is 2. The molecule has 4 rings (SSSR count). The third-order valence-corrected chi connectivity index (χ3v) is 4.63. The third-order valence-electron chi connectivity index (χ3n) is 4.46. The number of aromatic amines is 1. The maximum absolute atomic E-state index is 5.98. The van der Waals surface area contributed by atoms with E-state index in [4.69, 9.17) is 11.6 Å². The zero-order valence-electron chi connectivity index (χ0n) is 11.1. The summed E-state index contributed by atoms with van der Waals surface area (Å²) in [5.41, 5.74) is 0.686. The molecule has 2 N–H and O–H groups in total. The number of piperidine rings is 1. The van der Waals surface area contributed by atoms with Crippen LogP contribution in [0.3, 0.4) is 0 Å². The molecule has 0 amide bonds. The molecule has 2 aromatic rings. The van der Waals surface area contributed by atoms with Gasteiger partial charge in [0.2, 0.25) is 5.28 Å². The summed E-state index contributed by atoms with van der Waals surface area (Å²) in [5, 5.41) is 11.6. The van der Waals surface area contributed by atoms with Crippen LogP contribution in [0.15, 0.2) is 6.20 Å². The van der Waals surface area contributed by atoms with E-state index in [1.807, 2.05) is 0 Å². The summed E-state index contributed by atoms with van der Waals surface area (Å²) in [6.45, 7) is 2.41. The summed E-state index contributed by atoms with van der Waals surface area (Å²) in [7, 11) is 0. The molecule has 0 bridgehead atoms. The maximum Gasteiger partial charge on any atom is 0.226 e. The zero-order valence-corrected chi connectivity index (χ0v) is 11.9. The Kier molecular flexibility index (Phi) is 3.00. The fraction of sp³-hybridized carbons (Fsp3) is 0.615. The maximum atomic E-state index is 5.98. The van der Waals surface area contributed by atoms with Crippen LogP contribution in [0.4, 0.5) is 5.82 Å². The first-order chi connectivity index (χ1) is 9.81. The van der Waals surface area contributed by atoms with E-state index in [2.05, 4.69) is 30.4 Å². The van der Waals surface area contributed by atoms with Crippen molar-refractivity contribution in [2.45, 2.75) is 37.8 Å². The Balaban J connectivity index is 1.62. The molecule has 2 aliphatic rings. The first kappa shape index (κ1) is 12.3. The lowest BCUT2D eigenvalue weighted by Gasteiger charge is -2.32. The van der Waals surface area contributed by atoms with Gasteiger partial charge in [0.1, 0.15) is 5.82 Å². The largest absolute Gasteiger partial charge is 0.365 e. The summed E-state index contributed by atoms with van der Waals surface area (Å²) >= 11 is 5.98. The molecule has 0 saturated carbocycles. The molecule has 2 saturated heterocycles. The van der Waals surface area contributed by atoms with Crippen LogP contribution in [0.5, 0.6) is 0 Å². The molecule has 0 radical (unpaired) electrons. The quantitative estimate of drug-likeness (QED) is 0.829. The lowest BCUT2D eigenvalue weighted by molar-refractivity contribution is 0.192. The van der Waals surface area contributed by atoms with Crippen molar-refractivity contribution in [3.63, 3.8) is 0 Å². The van der Waals surface area contributed by atoms with Crippen LogP contribution in [-0.2, 0) is 0 Å². The molecule has 0 aliphatic carbocycles. The van der Waals surface area contributed by atoms with Crippen LogP contribution in [0, 0.1) is 0 Å². The van der Waals surface area contributed by atoms with Gasteiger partial charge in [-0.15, -0.1) is 0 Å². The summed E-state index contributed by atoms with van der Waals surface area (Å²) < 4.78 is 0. The Hall–Kier alpha value is -1.40. The van der Waals surface area contributed by atoms with E-state index < -0.39 is 0 Å². The van der Waals surface area contributed by atoms with E-state index in [0.717, 1.165) is 17.6 Å². The second kappa shape index (κ2) is 4.86. The van der Waals surface area contributed by atoms with Crippen LogP contribution in [-0.4, -0.2) is 50.2 Å². The van der Waals surface area contributed by atoms with E-state index >= 15 is 0 Å². The van der Waals surface area contributed by atoms with E-state index in [1.54, 1.807) is 6.20 Å². The number of H-pyrrole nitrogens is 1. The fourth-order valence-electron chi connectivity index (χ4n) is 3.51. The van der Waals surface area contributed by atoms with Gasteiger partial charge in [-0.2, -0.15) is 15.1 Å². The summed E-state index contributed by atoms with van der Waals surface area (Å²) in [5.74, 6) is 0.797. The van der Waals surface area contributed by atoms with Gasteiger partial charge < -0.3 is 5.32 Å². The van der Waals surface area contributed by atoms with E-state index in [-0.39, 0.29) is 5.28 Å². The second-order valence-electron chi connectivity index (χ2n) is 5.61. The standard InChI is InChI=1S/C13H17ClN6/c14-13-17-11(8-7-15-19-12(8)18-13)16-9-4-6-20-5-2-1-3-10(9)20/h7,9-10H,1-6H2,(H2,15,16,17,18,19). The van der Waals surface area contributed by atoms with Crippen molar-refractivity contribution < 1.29 is 0 Å². The number of nitrogens with zero attached hydrogens (tertiary/aromatic N) is 4. The van der Waals surface area contributed by atoms with E-state index in [1.165, 1.54) is 32.4 Å². The normalized spacial score (nSPS) is 26.9. The van der Waals surface area contributed by atoms with E-state index in [0.29, 0.717) is 17.7 Å². The topological polar surface area (TPSA) is 69.7 Å². The highest BCUT2D eigenvalue weighted by atomic mass is 35.5. The molecular formula is C13H17ClN6. The summed E-state index contributed by atoms with van der Waals surface area (Å²) in [4.78, 5) is 11.1. The average molecular weight is 293 g/mol. The van der Waals surface area contributed by atoms with Crippen molar-refractivity contribution in [1.82, 2.24) is 25.1 Å². The molecule has 2 fully saturated rings. The predicted molar refractivity (Wildman–Crippen MR) is 77.9 cm³/mol. The zero-order chi connectivity index (χ0) is 13.5. The van der Waals surface area contributed by atoms with Crippen molar-refractivity contribution in [3.05, 3.63) is 11.5 Å². The summed E-state index contributed by atoms with van der Waals surface area (Å²) in [6, 6.07) is 1.07. The Morgan fingerprint density at radius 2 is 2.20 bits per heavy atom. The second-order valence-corrected chi connectivity index (χ2v) is 5.95. The average Bonchev–Trinajstić information content (AvgIpc) is 3.06. The first-order valence-corrected chi connectivity index (χ1v) is 7.56. The number of halogens is 1. The highest BCUT2D eigenvalue weighted by molar-refractivity contribution is 6.28. The fourth-order valence-corrected chi connectivity index (χ4v) is 3.68. The van der Waals surface area contributed by atoms with Crippen molar-refractivity contribution >= 4 is 28.5 Å². The number of aromatic nitrogens is 4. The predicted octanol–water partition coefficient (Wildman–Crippen LogP) is 2.04. The van der Waals surface area contributed by atoms with Crippen molar-refractivity contribution in [1.29, 1.82) is 0 Å². The molecule has 4 heterocycles. The molecule has 2 atom stereocenters. The van der Waals surface area contributed by atoms with Gasteiger partial charge >= 0.3 is 0 Å². The van der Waals surface area contributed by atoms with Gasteiger partial charge in [0, 0.05) is 18.6 Å². The highest BCUT2D eigenvalue weighted by Gasteiger charge is 2.35. The molecule has 2 aliphatic heterocycles. The van der Waals surface area contributed by atoms with Crippen LogP contribution < -0.4 is 5.32 Å². The minimum Gasteiger partial charge on any atom is -0.365 e. The Labute approximate surface area is 121 Å². The molecular weight excluding hydrogens is 276 g/mol. The number of rotatable bonds is 2. The van der Waals surface area contributed by atoms with Gasteiger partial charge in [0.15, 0.2) is 5.65 Å². The molecule has 2 unspecified atom stereocenters. The minimum absolute atomic E-state index is 0.253. The monoisotopic (exact) mass is 292 g/mol. The molecule has 20 heavy (non-hydrogen) atoms. The SMILES string of the molecule is Clc1nc(NC2CCN3CCCCC23)c2cn[nH]c2n1. The minimum atomic E-state index is 0.253. The number of hydrogen-bond acceptors (Lipinski definition) is 5. The van der Waals surface area contributed by atoms with Gasteiger partial charge in [0.05, 0.1) is 11.6 Å². The molecule has 7 heteroatoms. The molecule has 0 spiro atoms. The van der Waals surface area contributed by atoms with Gasteiger partial charge in [-0.05, 0) is 37.4 Å². The molecule has 106 valence electrons. The molecule has 0 aromatic carbocycles. The highest BCUT2D eigenvalue weighted by Crippen LogP contribution is 2.30. The van der Waals surface area contributed by atoms with Crippen molar-refractivity contribution in [2.24, 2.45) is 0 Å². The van der Waals surface area contributed by atoms with Crippen LogP contribution in [0.2, 0.25) is 5.28 Å². The number of hydrogen-bond donors (Lipinski definition) is 2. The Morgan fingerprint density at radius 3 is 3.15 bits per heavy atom. The molecule has 6 nitrogen and oxygen atoms in total. The lowest BCUT2D eigenvalue weighted by Crippen LogP contribution is -2.41. The third kappa shape index (κ3) is 2.03. The van der Waals surface area contributed by atoms with Gasteiger partial charge in [-0.3, -0.25) is 10.00 Å². The molecule has 2 aromatic heterocycles. The van der Waals surface area contributed by atoms with Crippen molar-refractivity contribution in [2.75, 3.05) is 18.4 Å². The smallest absolute Gasteiger partial charge is 0.226 e. The van der Waals surface area contributed by atoms with Crippen LogP contribution >= 0.6 is 11.6 Å². The van der Waals surface area contributed by atoms with Gasteiger partial charge in [-0.25, -0.2) is 0 Å². The lowest BCUT2D eigenvalue weighted by atomic mass is 9.99. The number of fused-ring (bicyclic) bond motifs is 2. The summed E-state index contributed by atoms with van der Waals surface area (Å²) in [6.07, 6.45) is 6.83.